The maximum absolute atomic E-state index is 4.91. The van der Waals surface area contributed by atoms with Crippen LogP contribution >= 0.6 is 12.6 Å². The van der Waals surface area contributed by atoms with Gasteiger partial charge < -0.3 is 0 Å². The topological polar surface area (TPSA) is 12.9 Å². The van der Waals surface area contributed by atoms with Crippen molar-refractivity contribution in [1.82, 2.24) is 4.98 Å². The van der Waals surface area contributed by atoms with E-state index in [2.05, 4.69) is 4.98 Å². The van der Waals surface area contributed by atoms with E-state index < -0.39 is 0 Å². The first-order chi connectivity index (χ1) is 3.80. The first-order valence-electron chi connectivity index (χ1n) is 2.38. The molecule has 1 aromatic heterocycles. The molecule has 0 aliphatic heterocycles. The van der Waals surface area contributed by atoms with E-state index in [1.54, 1.807) is 12.4 Å². The van der Waals surface area contributed by atoms with Crippen LogP contribution in [-0.4, -0.2) is 4.98 Å². The van der Waals surface area contributed by atoms with Crippen molar-refractivity contribution in [3.05, 3.63) is 24.0 Å². The fraction of sp³-hybridized carbons (Fsp3) is 0.167. The molecule has 0 atom stereocenters. The van der Waals surface area contributed by atoms with Crippen molar-refractivity contribution in [3.63, 3.8) is 0 Å². The second kappa shape index (κ2) is 2.09. The zero-order valence-electron chi connectivity index (χ0n) is 4.59. The number of hydrogen-bond donors (Lipinski definition) is 0. The Hall–Kier alpha value is -0.630. The summed E-state index contributed by atoms with van der Waals surface area (Å²) in [6.45, 7) is 1.95. The molecule has 1 aromatic rings. The van der Waals surface area contributed by atoms with Crippen LogP contribution in [0.5, 0.6) is 0 Å². The molecular weight excluding hydrogens is 118 g/mol. The summed E-state index contributed by atoms with van der Waals surface area (Å²) in [5.74, 6) is 0. The Morgan fingerprint density at radius 1 is 1.62 bits per heavy atom. The SMILES string of the molecule is Cc1cnccc1[S]. The zero-order chi connectivity index (χ0) is 5.98. The van der Waals surface area contributed by atoms with Gasteiger partial charge in [-0.25, -0.2) is 0 Å². The largest absolute Gasteiger partial charge is 0.264 e. The van der Waals surface area contributed by atoms with E-state index in [1.165, 1.54) is 0 Å². The zero-order valence-corrected chi connectivity index (χ0v) is 5.40. The minimum absolute atomic E-state index is 0.889. The molecule has 0 bridgehead atoms. The molecule has 0 saturated heterocycles. The first kappa shape index (κ1) is 5.51. The van der Waals surface area contributed by atoms with E-state index >= 15 is 0 Å². The van der Waals surface area contributed by atoms with Crippen molar-refractivity contribution < 1.29 is 0 Å². The summed E-state index contributed by atoms with van der Waals surface area (Å²) < 4.78 is 0. The molecule has 2 heteroatoms. The van der Waals surface area contributed by atoms with Crippen molar-refractivity contribution in [3.8, 4) is 0 Å². The van der Waals surface area contributed by atoms with Crippen molar-refractivity contribution in [2.45, 2.75) is 11.8 Å². The first-order valence-corrected chi connectivity index (χ1v) is 2.79. The normalized spacial score (nSPS) is 9.12. The number of aryl methyl sites for hydroxylation is 1. The van der Waals surface area contributed by atoms with E-state index in [0.717, 1.165) is 10.5 Å². The highest BCUT2D eigenvalue weighted by atomic mass is 32.1. The average molecular weight is 124 g/mol. The molecular formula is C6H6NS. The summed E-state index contributed by atoms with van der Waals surface area (Å²) in [5.41, 5.74) is 1.07. The maximum atomic E-state index is 4.91. The Balaban J connectivity index is 3.13. The summed E-state index contributed by atoms with van der Waals surface area (Å²) >= 11 is 4.91. The fourth-order valence-corrected chi connectivity index (χ4v) is 0.574. The molecule has 0 spiro atoms. The molecule has 0 aliphatic carbocycles. The van der Waals surface area contributed by atoms with Crippen molar-refractivity contribution >= 4 is 12.6 Å². The summed E-state index contributed by atoms with van der Waals surface area (Å²) in [5, 5.41) is 0. The lowest BCUT2D eigenvalue weighted by Gasteiger charge is -1.90. The molecule has 1 radical (unpaired) electrons. The van der Waals surface area contributed by atoms with E-state index in [-0.39, 0.29) is 0 Å². The van der Waals surface area contributed by atoms with Crippen molar-refractivity contribution in [2.75, 3.05) is 0 Å². The Labute approximate surface area is 54.2 Å². The summed E-state index contributed by atoms with van der Waals surface area (Å²) in [6.07, 6.45) is 3.47. The summed E-state index contributed by atoms with van der Waals surface area (Å²) in [4.78, 5) is 4.77. The summed E-state index contributed by atoms with van der Waals surface area (Å²) in [7, 11) is 0. The highest BCUT2D eigenvalue weighted by Crippen LogP contribution is 2.07. The molecule has 0 amide bonds. The Bertz CT molecular complexity index is 165. The number of nitrogens with zero attached hydrogens (tertiary/aromatic N) is 1. The van der Waals surface area contributed by atoms with E-state index in [0.29, 0.717) is 0 Å². The number of rotatable bonds is 0. The van der Waals surface area contributed by atoms with Crippen LogP contribution in [0, 0.1) is 6.92 Å². The molecule has 0 fully saturated rings. The Morgan fingerprint density at radius 2 is 2.38 bits per heavy atom. The van der Waals surface area contributed by atoms with Crippen LogP contribution in [0.25, 0.3) is 0 Å². The molecule has 0 unspecified atom stereocenters. The molecule has 1 rings (SSSR count). The van der Waals surface area contributed by atoms with Gasteiger partial charge in [-0.2, -0.15) is 0 Å². The second-order valence-electron chi connectivity index (χ2n) is 1.64. The van der Waals surface area contributed by atoms with Gasteiger partial charge in [-0.1, -0.05) is 12.6 Å². The lowest BCUT2D eigenvalue weighted by Crippen LogP contribution is -1.75. The molecule has 0 aromatic carbocycles. The van der Waals surface area contributed by atoms with Gasteiger partial charge in [0.05, 0.1) is 0 Å². The van der Waals surface area contributed by atoms with Crippen molar-refractivity contribution in [2.24, 2.45) is 0 Å². The molecule has 0 N–H and O–H groups in total. The average Bonchev–Trinajstić information content (AvgIpc) is 1.77. The molecule has 1 heterocycles. The highest BCUT2D eigenvalue weighted by Gasteiger charge is 1.87. The van der Waals surface area contributed by atoms with Gasteiger partial charge in [0, 0.05) is 17.3 Å². The van der Waals surface area contributed by atoms with Crippen LogP contribution in [-0.2, 0) is 0 Å². The monoisotopic (exact) mass is 124 g/mol. The smallest absolute Gasteiger partial charge is 0.0436 e. The lowest BCUT2D eigenvalue weighted by molar-refractivity contribution is 1.19. The highest BCUT2D eigenvalue weighted by molar-refractivity contribution is 7.80. The fourth-order valence-electron chi connectivity index (χ4n) is 0.461. The van der Waals surface area contributed by atoms with Gasteiger partial charge in [0.2, 0.25) is 0 Å². The minimum Gasteiger partial charge on any atom is -0.264 e. The Kier molecular flexibility index (Phi) is 1.44. The molecule has 1 nitrogen and oxygen atoms in total. The maximum Gasteiger partial charge on any atom is 0.0436 e. The van der Waals surface area contributed by atoms with Crippen LogP contribution in [0.1, 0.15) is 5.56 Å². The molecule has 41 valence electrons. The van der Waals surface area contributed by atoms with Gasteiger partial charge in [0.15, 0.2) is 0 Å². The molecule has 0 aliphatic rings. The number of hydrogen-bond acceptors (Lipinski definition) is 1. The second-order valence-corrected chi connectivity index (χ2v) is 2.08. The van der Waals surface area contributed by atoms with Gasteiger partial charge in [-0.05, 0) is 18.6 Å². The number of pyridine rings is 1. The van der Waals surface area contributed by atoms with Crippen LogP contribution in [0.15, 0.2) is 23.4 Å². The van der Waals surface area contributed by atoms with E-state index in [4.69, 9.17) is 12.6 Å². The van der Waals surface area contributed by atoms with Crippen LogP contribution in [0.2, 0.25) is 0 Å². The third kappa shape index (κ3) is 0.954. The van der Waals surface area contributed by atoms with Gasteiger partial charge in [-0.15, -0.1) is 0 Å². The molecule has 0 saturated carbocycles. The Morgan fingerprint density at radius 3 is 2.75 bits per heavy atom. The van der Waals surface area contributed by atoms with Gasteiger partial charge in [0.1, 0.15) is 0 Å². The lowest BCUT2D eigenvalue weighted by atomic mass is 10.3. The van der Waals surface area contributed by atoms with Crippen molar-refractivity contribution in [1.29, 1.82) is 0 Å². The molecule has 8 heavy (non-hydrogen) atoms. The third-order valence-corrected chi connectivity index (χ3v) is 1.43. The van der Waals surface area contributed by atoms with Gasteiger partial charge in [0.25, 0.3) is 0 Å². The summed E-state index contributed by atoms with van der Waals surface area (Å²) in [6, 6.07) is 1.82. The van der Waals surface area contributed by atoms with Gasteiger partial charge >= 0.3 is 0 Å². The van der Waals surface area contributed by atoms with Crippen LogP contribution in [0.4, 0.5) is 0 Å². The standard InChI is InChI=1S/C6H6NS/c1-5-4-7-3-2-6(5)8/h2-4H,1H3. The number of aromatic nitrogens is 1. The van der Waals surface area contributed by atoms with Gasteiger partial charge in [-0.3, -0.25) is 4.98 Å². The van der Waals surface area contributed by atoms with E-state index in [9.17, 15) is 0 Å². The van der Waals surface area contributed by atoms with Crippen LogP contribution < -0.4 is 0 Å². The van der Waals surface area contributed by atoms with Crippen LogP contribution in [0.3, 0.4) is 0 Å². The predicted octanol–water partition coefficient (Wildman–Crippen LogP) is 1.95. The van der Waals surface area contributed by atoms with E-state index in [1.807, 2.05) is 13.0 Å². The predicted molar refractivity (Wildman–Crippen MR) is 34.8 cm³/mol. The quantitative estimate of drug-likeness (QED) is 0.515. The minimum atomic E-state index is 0.889. The third-order valence-electron chi connectivity index (χ3n) is 0.969.